The molecule has 28 heteroatoms. The standard InChI is InChI=1S/C15H14Cl2F3N3O3.C12H9F2N5O2S.C3H8NO5P/c1-3-26-13(24)10(17)4-8-5-12(11(18)6-9(8)16)23-15(25)22(14(19)20)7(2)21-23;1-7-5-6-19-11(15-7)16-12(17-19)22(20,21)18-10-8(13)3-2-4-9(10)14;5-3(6)1-4-2-10(7,8)9/h5-6,10,14H,3-4H2,1-2H3;2-6,18H,1H3;4H,1-2H2,(H,5,6)(H2,7,8,9). The number of aromatic nitrogens is 7. The number of esters is 1. The summed E-state index contributed by atoms with van der Waals surface area (Å²) in [5.41, 5.74) is -1.53. The minimum absolute atomic E-state index is 0.0424. The highest BCUT2D eigenvalue weighted by Crippen LogP contribution is 2.31. The normalized spacial score (nSPS) is 12.0. The average Bonchev–Trinajstić information content (AvgIpc) is 3.67. The first kappa shape index (κ1) is 47.3. The number of nitrogens with one attached hydrogen (secondary N) is 2. The van der Waals surface area contributed by atoms with Crippen LogP contribution in [0.1, 0.15) is 30.6 Å². The first-order valence-electron chi connectivity index (χ1n) is 15.8. The van der Waals surface area contributed by atoms with E-state index in [4.69, 9.17) is 42.8 Å². The molecule has 0 fully saturated rings. The van der Waals surface area contributed by atoms with Gasteiger partial charge in [0.25, 0.3) is 21.0 Å². The Morgan fingerprint density at radius 1 is 1.03 bits per heavy atom. The zero-order valence-electron chi connectivity index (χ0n) is 29.9. The highest BCUT2D eigenvalue weighted by atomic mass is 35.5. The Morgan fingerprint density at radius 2 is 1.67 bits per heavy atom. The monoisotopic (exact) mass is 905 g/mol. The minimum atomic E-state index is -4.35. The van der Waals surface area contributed by atoms with Gasteiger partial charge in [-0.25, -0.2) is 32.0 Å². The number of aryl methyl sites for hydroxylation is 2. The summed E-state index contributed by atoms with van der Waals surface area (Å²) in [7, 11) is -8.44. The molecular formula is C30H31Cl2F5N9O10PS. The first-order chi connectivity index (χ1) is 26.9. The van der Waals surface area contributed by atoms with E-state index in [0.29, 0.717) is 10.4 Å². The zero-order valence-corrected chi connectivity index (χ0v) is 33.1. The van der Waals surface area contributed by atoms with E-state index >= 15 is 0 Å². The van der Waals surface area contributed by atoms with Gasteiger partial charge in [0.15, 0.2) is 5.82 Å². The Labute approximate surface area is 333 Å². The summed E-state index contributed by atoms with van der Waals surface area (Å²) < 4.78 is 110. The second-order valence-electron chi connectivity index (χ2n) is 11.3. The molecule has 1 atom stereocenters. The molecule has 5 rings (SSSR count). The van der Waals surface area contributed by atoms with Crippen LogP contribution in [-0.4, -0.2) is 94.0 Å². The summed E-state index contributed by atoms with van der Waals surface area (Å²) in [6, 6.07) is 6.63. The fourth-order valence-corrected chi connectivity index (χ4v) is 6.12. The molecule has 0 aliphatic rings. The van der Waals surface area contributed by atoms with Crippen molar-refractivity contribution >= 4 is 64.2 Å². The van der Waals surface area contributed by atoms with Crippen molar-refractivity contribution in [3.63, 3.8) is 0 Å². The van der Waals surface area contributed by atoms with E-state index in [1.165, 1.54) is 13.1 Å². The molecule has 3 heterocycles. The maximum atomic E-state index is 14.2. The van der Waals surface area contributed by atoms with Gasteiger partial charge in [-0.3, -0.25) is 24.2 Å². The quantitative estimate of drug-likeness (QED) is 0.0490. The summed E-state index contributed by atoms with van der Waals surface area (Å²) in [6.07, 6.45) is 0.766. The second kappa shape index (κ2) is 20.1. The number of aliphatic carboxylic acids is 1. The molecule has 5 aromatic rings. The number of carbonyl (C=O) groups excluding carboxylic acids is 1. The van der Waals surface area contributed by atoms with Crippen LogP contribution in [0, 0.1) is 31.3 Å². The van der Waals surface area contributed by atoms with Crippen LogP contribution in [-0.2, 0) is 35.3 Å². The molecule has 19 nitrogen and oxygen atoms in total. The number of fused-ring (bicyclic) bond motifs is 1. The number of halogens is 7. The molecule has 1 unspecified atom stereocenters. The van der Waals surface area contributed by atoms with E-state index in [9.17, 15) is 49.3 Å². The fraction of sp³-hybridized carbons (Fsp3) is 0.300. The predicted molar refractivity (Wildman–Crippen MR) is 194 cm³/mol. The van der Waals surface area contributed by atoms with Crippen molar-refractivity contribution in [2.24, 2.45) is 0 Å². The van der Waals surface area contributed by atoms with Crippen molar-refractivity contribution in [3.05, 3.63) is 92.6 Å². The fourth-order valence-electron chi connectivity index (χ4n) is 4.31. The van der Waals surface area contributed by atoms with Crippen molar-refractivity contribution in [3.8, 4) is 5.69 Å². The highest BCUT2D eigenvalue weighted by molar-refractivity contribution is 7.92. The number of carbonyl (C=O) groups is 2. The zero-order chi connectivity index (χ0) is 43.7. The molecule has 0 aliphatic carbocycles. The van der Waals surface area contributed by atoms with E-state index in [1.807, 2.05) is 0 Å². The first-order valence-corrected chi connectivity index (χ1v) is 19.9. The number of nitrogens with zero attached hydrogens (tertiary/aromatic N) is 7. The number of benzene rings is 2. The number of anilines is 1. The molecule has 316 valence electrons. The molecular weight excluding hydrogens is 875 g/mol. The van der Waals surface area contributed by atoms with Crippen LogP contribution < -0.4 is 15.7 Å². The maximum absolute atomic E-state index is 14.2. The number of ether oxygens (including phenoxy) is 1. The van der Waals surface area contributed by atoms with Crippen molar-refractivity contribution in [2.75, 3.05) is 24.2 Å². The number of carboxylic acid groups (broad SMARTS) is 1. The van der Waals surface area contributed by atoms with Crippen LogP contribution in [0.15, 0.2) is 52.5 Å². The number of hydrogen-bond acceptors (Lipinski definition) is 12. The number of hydrogen-bond donors (Lipinski definition) is 5. The topological polar surface area (TPSA) is 262 Å². The van der Waals surface area contributed by atoms with E-state index in [0.717, 1.165) is 34.8 Å². The lowest BCUT2D eigenvalue weighted by atomic mass is 10.1. The van der Waals surface area contributed by atoms with Crippen molar-refractivity contribution in [2.45, 2.75) is 44.3 Å². The Kier molecular flexibility index (Phi) is 16.4. The Hall–Kier alpha value is -5.04. The van der Waals surface area contributed by atoms with Crippen molar-refractivity contribution in [1.82, 2.24) is 39.2 Å². The molecule has 58 heavy (non-hydrogen) atoms. The Morgan fingerprint density at radius 3 is 2.22 bits per heavy atom. The van der Waals surface area contributed by atoms with Crippen LogP contribution in [0.25, 0.3) is 11.5 Å². The molecule has 3 aromatic heterocycles. The molecule has 0 saturated carbocycles. The molecule has 0 amide bonds. The van der Waals surface area contributed by atoms with Gasteiger partial charge in [0.05, 0.1) is 19.4 Å². The van der Waals surface area contributed by atoms with Crippen LogP contribution in [0.2, 0.25) is 5.02 Å². The van der Waals surface area contributed by atoms with E-state index in [-0.39, 0.29) is 45.5 Å². The van der Waals surface area contributed by atoms with Gasteiger partial charge in [-0.15, -0.1) is 21.8 Å². The SMILES string of the molecule is CCOC(=O)C(Cl)Cc1cc(-n2nc(C)n(C(F)F)c2=O)c(F)cc1Cl.Cc1ccn2nc(S(=O)(=O)Nc3c(F)cccc3F)nc2n1.O=C(O)CNCP(=O)(O)O. The third-order valence-corrected chi connectivity index (χ3v) is 9.27. The minimum Gasteiger partial charge on any atom is -0.480 e. The largest absolute Gasteiger partial charge is 0.480 e. The number of alkyl halides is 3. The second-order valence-corrected chi connectivity index (χ2v) is 15.4. The van der Waals surface area contributed by atoms with Gasteiger partial charge in [-0.1, -0.05) is 17.7 Å². The maximum Gasteiger partial charge on any atom is 0.355 e. The van der Waals surface area contributed by atoms with Gasteiger partial charge in [0.2, 0.25) is 0 Å². The van der Waals surface area contributed by atoms with Crippen molar-refractivity contribution < 1.29 is 64.2 Å². The van der Waals surface area contributed by atoms with Gasteiger partial charge in [-0.05, 0) is 56.7 Å². The summed E-state index contributed by atoms with van der Waals surface area (Å²) in [5, 5.41) is 15.7. The van der Waals surface area contributed by atoms with Crippen LogP contribution in [0.3, 0.4) is 0 Å². The third kappa shape index (κ3) is 13.0. The van der Waals surface area contributed by atoms with Gasteiger partial charge < -0.3 is 19.6 Å². The van der Waals surface area contributed by atoms with Gasteiger partial charge in [0, 0.05) is 23.3 Å². The van der Waals surface area contributed by atoms with Gasteiger partial charge in [-0.2, -0.15) is 26.9 Å². The summed E-state index contributed by atoms with van der Waals surface area (Å²) >= 11 is 11.9. The van der Waals surface area contributed by atoms with Gasteiger partial charge in [0.1, 0.15) is 34.2 Å². The molecule has 0 spiro atoms. The smallest absolute Gasteiger partial charge is 0.355 e. The Balaban J connectivity index is 0.000000255. The number of rotatable bonds is 13. The van der Waals surface area contributed by atoms with E-state index < -0.39 is 88.3 Å². The molecule has 0 radical (unpaired) electrons. The number of carboxylic acids is 1. The Bertz CT molecular complexity index is 2480. The molecule has 0 bridgehead atoms. The van der Waals surface area contributed by atoms with E-state index in [1.54, 1.807) is 24.6 Å². The molecule has 5 N–H and O–H groups in total. The predicted octanol–water partition coefficient (Wildman–Crippen LogP) is 3.55. The van der Waals surface area contributed by atoms with Crippen molar-refractivity contribution in [1.29, 1.82) is 0 Å². The third-order valence-electron chi connectivity index (χ3n) is 6.82. The van der Waals surface area contributed by atoms with Crippen LogP contribution in [0.4, 0.5) is 27.6 Å². The van der Waals surface area contributed by atoms with E-state index in [2.05, 4.69) is 25.5 Å². The summed E-state index contributed by atoms with van der Waals surface area (Å²) in [6.45, 7) is 1.07. The van der Waals surface area contributed by atoms with Crippen LogP contribution >= 0.6 is 30.8 Å². The average molecular weight is 907 g/mol. The number of para-hydroxylation sites is 1. The number of sulfonamides is 1. The molecule has 0 saturated heterocycles. The summed E-state index contributed by atoms with van der Waals surface area (Å²) in [4.78, 5) is 57.6. The van der Waals surface area contributed by atoms with Crippen LogP contribution in [0.5, 0.6) is 0 Å². The lowest BCUT2D eigenvalue weighted by molar-refractivity contribution is -0.142. The molecule has 0 aliphatic heterocycles. The highest BCUT2D eigenvalue weighted by Gasteiger charge is 2.25. The summed E-state index contributed by atoms with van der Waals surface area (Å²) in [5.74, 6) is -5.08. The molecule has 2 aromatic carbocycles. The lowest BCUT2D eigenvalue weighted by Crippen LogP contribution is -2.25. The lowest BCUT2D eigenvalue weighted by Gasteiger charge is -2.12. The van der Waals surface area contributed by atoms with Gasteiger partial charge >= 0.3 is 31.8 Å².